The van der Waals surface area contributed by atoms with Gasteiger partial charge in [-0.25, -0.2) is 4.79 Å². The van der Waals surface area contributed by atoms with E-state index in [0.717, 1.165) is 0 Å². The number of hydrogen-bond donors (Lipinski definition) is 0. The van der Waals surface area contributed by atoms with Crippen LogP contribution in [0, 0.1) is 0 Å². The van der Waals surface area contributed by atoms with Gasteiger partial charge in [0.15, 0.2) is 6.10 Å². The van der Waals surface area contributed by atoms with Crippen LogP contribution in [0.25, 0.3) is 0 Å². The molecule has 0 radical (unpaired) electrons. The monoisotopic (exact) mass is 202 g/mol. The molecule has 0 aromatic heterocycles. The minimum absolute atomic E-state index is 0.171. The second kappa shape index (κ2) is 3.69. The number of Topliss-reactive ketones (excluding diaryl/α,β-unsaturated/α-hetero) is 1. The number of ether oxygens (including phenoxy) is 1. The lowest BCUT2D eigenvalue weighted by Gasteiger charge is -2.10. The molecule has 1 aliphatic rings. The molecule has 0 saturated carbocycles. The number of hydrogen-bond acceptors (Lipinski definition) is 3. The highest BCUT2D eigenvalue weighted by atomic mass is 16.6. The third-order valence-electron chi connectivity index (χ3n) is 2.29. The first kappa shape index (κ1) is 9.65. The van der Waals surface area contributed by atoms with Crippen molar-refractivity contribution in [1.29, 1.82) is 0 Å². The maximum atomic E-state index is 11.9. The van der Waals surface area contributed by atoms with Crippen LogP contribution in [-0.4, -0.2) is 17.9 Å². The molecule has 1 atom stereocenters. The molecule has 2 rings (SSSR count). The molecule has 0 N–H and O–H groups in total. The summed E-state index contributed by atoms with van der Waals surface area (Å²) in [4.78, 5) is 22.8. The summed E-state index contributed by atoms with van der Waals surface area (Å²) in [7, 11) is 0. The molecule has 0 saturated heterocycles. The average Bonchev–Trinajstić information content (AvgIpc) is 2.58. The van der Waals surface area contributed by atoms with Crippen LogP contribution in [0.4, 0.5) is 0 Å². The number of benzene rings is 1. The second-order valence-corrected chi connectivity index (χ2v) is 3.44. The van der Waals surface area contributed by atoms with E-state index in [1.165, 1.54) is 6.08 Å². The molecular formula is C12H10O3. The highest BCUT2D eigenvalue weighted by Gasteiger charge is 2.30. The molecule has 1 heterocycles. The first-order chi connectivity index (χ1) is 7.18. The fourth-order valence-electron chi connectivity index (χ4n) is 1.52. The van der Waals surface area contributed by atoms with Crippen LogP contribution >= 0.6 is 0 Å². The van der Waals surface area contributed by atoms with Gasteiger partial charge < -0.3 is 4.74 Å². The molecule has 1 aliphatic heterocycles. The van der Waals surface area contributed by atoms with Crippen molar-refractivity contribution in [2.45, 2.75) is 13.0 Å². The molecule has 1 aromatic carbocycles. The summed E-state index contributed by atoms with van der Waals surface area (Å²) in [6, 6.07) is 8.82. The van der Waals surface area contributed by atoms with Crippen molar-refractivity contribution >= 4 is 11.8 Å². The van der Waals surface area contributed by atoms with Gasteiger partial charge in [-0.05, 0) is 12.5 Å². The van der Waals surface area contributed by atoms with Crippen LogP contribution in [-0.2, 0) is 9.53 Å². The Morgan fingerprint density at radius 3 is 2.47 bits per heavy atom. The zero-order valence-electron chi connectivity index (χ0n) is 8.27. The van der Waals surface area contributed by atoms with Crippen LogP contribution in [0.2, 0.25) is 0 Å². The Balaban J connectivity index is 2.24. The summed E-state index contributed by atoms with van der Waals surface area (Å²) in [5.74, 6) is -0.614. The normalized spacial score (nSPS) is 19.7. The Morgan fingerprint density at radius 1 is 1.27 bits per heavy atom. The van der Waals surface area contributed by atoms with Crippen molar-refractivity contribution in [3.05, 3.63) is 47.5 Å². The van der Waals surface area contributed by atoms with Crippen LogP contribution in [0.3, 0.4) is 0 Å². The summed E-state index contributed by atoms with van der Waals surface area (Å²) < 4.78 is 4.91. The topological polar surface area (TPSA) is 43.4 Å². The second-order valence-electron chi connectivity index (χ2n) is 3.44. The van der Waals surface area contributed by atoms with Gasteiger partial charge in [0.2, 0.25) is 5.78 Å². The van der Waals surface area contributed by atoms with E-state index in [4.69, 9.17) is 4.74 Å². The van der Waals surface area contributed by atoms with E-state index in [1.807, 2.05) is 6.07 Å². The van der Waals surface area contributed by atoms with Gasteiger partial charge >= 0.3 is 5.97 Å². The van der Waals surface area contributed by atoms with E-state index < -0.39 is 12.1 Å². The zero-order chi connectivity index (χ0) is 10.8. The Labute approximate surface area is 87.4 Å². The van der Waals surface area contributed by atoms with Gasteiger partial charge in [-0.3, -0.25) is 4.79 Å². The van der Waals surface area contributed by atoms with E-state index in [2.05, 4.69) is 0 Å². The van der Waals surface area contributed by atoms with E-state index in [1.54, 1.807) is 31.2 Å². The van der Waals surface area contributed by atoms with Gasteiger partial charge in [-0.15, -0.1) is 0 Å². The lowest BCUT2D eigenvalue weighted by atomic mass is 10.0. The van der Waals surface area contributed by atoms with Crippen molar-refractivity contribution in [3.63, 3.8) is 0 Å². The lowest BCUT2D eigenvalue weighted by Crippen LogP contribution is -2.22. The van der Waals surface area contributed by atoms with Gasteiger partial charge in [0, 0.05) is 11.6 Å². The zero-order valence-corrected chi connectivity index (χ0v) is 8.27. The van der Waals surface area contributed by atoms with Gasteiger partial charge in [-0.2, -0.15) is 0 Å². The van der Waals surface area contributed by atoms with E-state index in [0.29, 0.717) is 11.1 Å². The van der Waals surface area contributed by atoms with Gasteiger partial charge in [0.25, 0.3) is 0 Å². The summed E-state index contributed by atoms with van der Waals surface area (Å²) in [5, 5.41) is 0. The molecule has 3 heteroatoms. The van der Waals surface area contributed by atoms with Crippen LogP contribution < -0.4 is 0 Å². The third kappa shape index (κ3) is 1.81. The van der Waals surface area contributed by atoms with Crippen molar-refractivity contribution in [3.8, 4) is 0 Å². The minimum atomic E-state index is -0.736. The molecule has 1 unspecified atom stereocenters. The summed E-state index contributed by atoms with van der Waals surface area (Å²) in [6.45, 7) is 1.72. The molecular weight excluding hydrogens is 192 g/mol. The van der Waals surface area contributed by atoms with Gasteiger partial charge in [0.05, 0.1) is 0 Å². The summed E-state index contributed by atoms with van der Waals surface area (Å²) in [5.41, 5.74) is 1.22. The van der Waals surface area contributed by atoms with Gasteiger partial charge in [-0.1, -0.05) is 30.3 Å². The highest BCUT2D eigenvalue weighted by molar-refractivity contribution is 6.05. The van der Waals surface area contributed by atoms with Crippen molar-refractivity contribution < 1.29 is 14.3 Å². The maximum Gasteiger partial charge on any atom is 0.331 e. The Morgan fingerprint density at radius 2 is 1.93 bits per heavy atom. The summed E-state index contributed by atoms with van der Waals surface area (Å²) in [6.07, 6.45) is 0.616. The van der Waals surface area contributed by atoms with Crippen LogP contribution in [0.1, 0.15) is 17.3 Å². The molecule has 0 aliphatic carbocycles. The Hall–Kier alpha value is -1.90. The molecule has 0 amide bonds. The predicted octanol–water partition coefficient (Wildman–Crippen LogP) is 1.74. The van der Waals surface area contributed by atoms with Gasteiger partial charge in [0.1, 0.15) is 0 Å². The number of carbonyl (C=O) groups excluding carboxylic acids is 2. The highest BCUT2D eigenvalue weighted by Crippen LogP contribution is 2.19. The third-order valence-corrected chi connectivity index (χ3v) is 2.29. The largest absolute Gasteiger partial charge is 0.446 e. The van der Waals surface area contributed by atoms with E-state index in [-0.39, 0.29) is 5.78 Å². The molecule has 15 heavy (non-hydrogen) atoms. The standard InChI is InChI=1S/C12H10O3/c1-8-7-10(13)15-12(8)11(14)9-5-3-2-4-6-9/h2-7,12H,1H3. The van der Waals surface area contributed by atoms with Crippen LogP contribution in [0.5, 0.6) is 0 Å². The number of ketones is 1. The van der Waals surface area contributed by atoms with Crippen LogP contribution in [0.15, 0.2) is 42.0 Å². The van der Waals surface area contributed by atoms with Crippen molar-refractivity contribution in [2.24, 2.45) is 0 Å². The quantitative estimate of drug-likeness (QED) is 0.542. The molecule has 0 bridgehead atoms. The minimum Gasteiger partial charge on any atom is -0.446 e. The predicted molar refractivity (Wildman–Crippen MR) is 54.4 cm³/mol. The summed E-state index contributed by atoms with van der Waals surface area (Å²) >= 11 is 0. The maximum absolute atomic E-state index is 11.9. The SMILES string of the molecule is CC1=CC(=O)OC1C(=O)c1ccccc1. The number of cyclic esters (lactones) is 1. The molecule has 1 aromatic rings. The first-order valence-corrected chi connectivity index (χ1v) is 4.66. The van der Waals surface area contributed by atoms with E-state index in [9.17, 15) is 9.59 Å². The Bertz CT molecular complexity index is 431. The molecule has 0 spiro atoms. The fourth-order valence-corrected chi connectivity index (χ4v) is 1.52. The number of esters is 1. The fraction of sp³-hybridized carbons (Fsp3) is 0.167. The molecule has 3 nitrogen and oxygen atoms in total. The number of rotatable bonds is 2. The Kier molecular flexibility index (Phi) is 2.37. The van der Waals surface area contributed by atoms with Crippen molar-refractivity contribution in [2.75, 3.05) is 0 Å². The van der Waals surface area contributed by atoms with Crippen molar-refractivity contribution in [1.82, 2.24) is 0 Å². The smallest absolute Gasteiger partial charge is 0.331 e. The first-order valence-electron chi connectivity index (χ1n) is 4.66. The molecule has 0 fully saturated rings. The van der Waals surface area contributed by atoms with E-state index >= 15 is 0 Å². The number of carbonyl (C=O) groups is 2. The molecule has 76 valence electrons. The lowest BCUT2D eigenvalue weighted by molar-refractivity contribution is -0.137. The average molecular weight is 202 g/mol.